The third-order valence-corrected chi connectivity index (χ3v) is 7.49. The first-order chi connectivity index (χ1) is 13.5. The molecule has 1 unspecified atom stereocenters. The second-order valence-corrected chi connectivity index (χ2v) is 9.56. The molecule has 4 rings (SSSR count). The van der Waals surface area contributed by atoms with Gasteiger partial charge in [-0.25, -0.2) is 8.42 Å². The molecule has 28 heavy (non-hydrogen) atoms. The molecule has 5 nitrogen and oxygen atoms in total. The van der Waals surface area contributed by atoms with E-state index < -0.39 is 10.0 Å². The minimum Gasteiger partial charge on any atom is -0.496 e. The third kappa shape index (κ3) is 3.86. The highest BCUT2D eigenvalue weighted by atomic mass is 35.5. The maximum Gasteiger partial charge on any atom is 0.262 e. The van der Waals surface area contributed by atoms with Crippen molar-refractivity contribution in [1.29, 1.82) is 0 Å². The average molecular weight is 421 g/mol. The van der Waals surface area contributed by atoms with E-state index in [-0.39, 0.29) is 0 Å². The molecule has 1 N–H and O–H groups in total. The van der Waals surface area contributed by atoms with Crippen LogP contribution in [0.15, 0.2) is 41.3 Å². The molecular weight excluding hydrogens is 396 g/mol. The number of nitrogens with one attached hydrogen (secondary N) is 1. The van der Waals surface area contributed by atoms with E-state index in [2.05, 4.69) is 9.62 Å². The summed E-state index contributed by atoms with van der Waals surface area (Å²) in [6.45, 7) is 2.27. The first kappa shape index (κ1) is 19.6. The number of anilines is 1. The van der Waals surface area contributed by atoms with Crippen molar-refractivity contribution in [3.63, 3.8) is 0 Å². The fourth-order valence-electron chi connectivity index (χ4n) is 4.39. The van der Waals surface area contributed by atoms with E-state index >= 15 is 0 Å². The van der Waals surface area contributed by atoms with Crippen molar-refractivity contribution in [3.05, 3.63) is 52.5 Å². The molecule has 1 aliphatic heterocycles. The van der Waals surface area contributed by atoms with Gasteiger partial charge in [-0.1, -0.05) is 11.6 Å². The van der Waals surface area contributed by atoms with Crippen molar-refractivity contribution in [2.24, 2.45) is 0 Å². The molecule has 0 amide bonds. The lowest BCUT2D eigenvalue weighted by Gasteiger charge is -2.33. The van der Waals surface area contributed by atoms with E-state index in [4.69, 9.17) is 16.3 Å². The van der Waals surface area contributed by atoms with Gasteiger partial charge in [0.25, 0.3) is 10.0 Å². The molecule has 2 aromatic rings. The molecule has 1 heterocycles. The van der Waals surface area contributed by atoms with Crippen molar-refractivity contribution in [1.82, 2.24) is 4.90 Å². The van der Waals surface area contributed by atoms with Gasteiger partial charge >= 0.3 is 0 Å². The summed E-state index contributed by atoms with van der Waals surface area (Å²) in [5.41, 5.74) is 2.42. The van der Waals surface area contributed by atoms with E-state index in [1.807, 2.05) is 0 Å². The van der Waals surface area contributed by atoms with E-state index in [0.717, 1.165) is 49.2 Å². The Morgan fingerprint density at radius 2 is 1.79 bits per heavy atom. The second kappa shape index (κ2) is 7.93. The predicted octanol–water partition coefficient (Wildman–Crippen LogP) is 4.10. The Bertz CT molecular complexity index is 954. The number of likely N-dealkylation sites (tertiary alicyclic amines) is 1. The zero-order chi connectivity index (χ0) is 19.7. The smallest absolute Gasteiger partial charge is 0.262 e. The summed E-state index contributed by atoms with van der Waals surface area (Å²) in [4.78, 5) is 2.88. The van der Waals surface area contributed by atoms with E-state index in [1.165, 1.54) is 12.8 Å². The minimum atomic E-state index is -3.69. The molecule has 0 spiro atoms. The van der Waals surface area contributed by atoms with Crippen LogP contribution >= 0.6 is 11.6 Å². The van der Waals surface area contributed by atoms with Gasteiger partial charge in [0.1, 0.15) is 5.75 Å². The minimum absolute atomic E-state index is 0.345. The van der Waals surface area contributed by atoms with Gasteiger partial charge in [0, 0.05) is 22.3 Å². The zero-order valence-electron chi connectivity index (χ0n) is 15.9. The first-order valence-corrected chi connectivity index (χ1v) is 11.6. The maximum atomic E-state index is 13.1. The van der Waals surface area contributed by atoms with Crippen molar-refractivity contribution in [2.45, 2.75) is 43.0 Å². The molecule has 1 saturated heterocycles. The van der Waals surface area contributed by atoms with Crippen LogP contribution in [-0.2, 0) is 22.9 Å². The maximum absolute atomic E-state index is 13.1. The second-order valence-electron chi connectivity index (χ2n) is 7.48. The summed E-state index contributed by atoms with van der Waals surface area (Å²) in [5, 5.41) is 0.567. The Morgan fingerprint density at radius 1 is 1.07 bits per heavy atom. The lowest BCUT2D eigenvalue weighted by molar-refractivity contribution is 0.219. The summed E-state index contributed by atoms with van der Waals surface area (Å²) >= 11 is 5.90. The van der Waals surface area contributed by atoms with E-state index in [0.29, 0.717) is 21.6 Å². The summed E-state index contributed by atoms with van der Waals surface area (Å²) in [5.74, 6) is 0.782. The first-order valence-electron chi connectivity index (χ1n) is 9.69. The third-order valence-electron chi connectivity index (χ3n) is 5.78. The van der Waals surface area contributed by atoms with E-state index in [1.54, 1.807) is 43.5 Å². The van der Waals surface area contributed by atoms with Crippen LogP contribution in [0.1, 0.15) is 30.4 Å². The fourth-order valence-corrected chi connectivity index (χ4v) is 5.87. The largest absolute Gasteiger partial charge is 0.496 e. The van der Waals surface area contributed by atoms with Crippen LogP contribution in [0.3, 0.4) is 0 Å². The highest BCUT2D eigenvalue weighted by Crippen LogP contribution is 2.37. The molecule has 1 aliphatic carbocycles. The summed E-state index contributed by atoms with van der Waals surface area (Å²) < 4.78 is 34.5. The van der Waals surface area contributed by atoms with Gasteiger partial charge in [0.15, 0.2) is 0 Å². The number of benzene rings is 2. The number of methoxy groups -OCH3 is 1. The summed E-state index contributed by atoms with van der Waals surface area (Å²) in [6, 6.07) is 10.6. The molecule has 0 bridgehead atoms. The number of sulfonamides is 1. The molecule has 0 radical (unpaired) electrons. The number of hydrogen-bond acceptors (Lipinski definition) is 4. The van der Waals surface area contributed by atoms with Gasteiger partial charge in [0.2, 0.25) is 0 Å². The molecule has 150 valence electrons. The standard InChI is InChI=1S/C21H25ClN2O3S/c1-27-20-10-11-21(28(25,26)23-16-6-4-15(22)5-7-16)18-9-8-17(14-19(18)20)24-12-2-3-13-24/h4-7,10-11,17,23H,2-3,8-9,12-14H2,1H3. The number of fused-ring (bicyclic) bond motifs is 1. The number of ether oxygens (including phenoxy) is 1. The normalized spacial score (nSPS) is 20.0. The predicted molar refractivity (Wildman–Crippen MR) is 112 cm³/mol. The number of hydrogen-bond donors (Lipinski definition) is 1. The molecule has 2 aromatic carbocycles. The topological polar surface area (TPSA) is 58.6 Å². The molecule has 1 atom stereocenters. The lowest BCUT2D eigenvalue weighted by Crippen LogP contribution is -2.37. The Kier molecular flexibility index (Phi) is 5.54. The Hall–Kier alpha value is -1.76. The van der Waals surface area contributed by atoms with Crippen LogP contribution in [0.4, 0.5) is 5.69 Å². The van der Waals surface area contributed by atoms with E-state index in [9.17, 15) is 8.42 Å². The molecule has 0 aromatic heterocycles. The van der Waals surface area contributed by atoms with Crippen molar-refractivity contribution < 1.29 is 13.2 Å². The average Bonchev–Trinajstić information content (AvgIpc) is 3.23. The number of rotatable bonds is 5. The van der Waals surface area contributed by atoms with Crippen LogP contribution < -0.4 is 9.46 Å². The van der Waals surface area contributed by atoms with Crippen molar-refractivity contribution in [2.75, 3.05) is 24.9 Å². The molecular formula is C21H25ClN2O3S. The lowest BCUT2D eigenvalue weighted by atomic mass is 9.87. The van der Waals surface area contributed by atoms with Gasteiger partial charge in [-0.15, -0.1) is 0 Å². The zero-order valence-corrected chi connectivity index (χ0v) is 17.5. The van der Waals surface area contributed by atoms with Gasteiger partial charge in [-0.05, 0) is 87.2 Å². The summed E-state index contributed by atoms with van der Waals surface area (Å²) in [7, 11) is -2.04. The van der Waals surface area contributed by atoms with Crippen LogP contribution in [0.25, 0.3) is 0 Å². The Balaban J connectivity index is 1.67. The van der Waals surface area contributed by atoms with Gasteiger partial charge < -0.3 is 9.64 Å². The van der Waals surface area contributed by atoms with Crippen LogP contribution in [-0.4, -0.2) is 39.6 Å². The molecule has 2 aliphatic rings. The Morgan fingerprint density at radius 3 is 2.46 bits per heavy atom. The quantitative estimate of drug-likeness (QED) is 0.791. The van der Waals surface area contributed by atoms with Crippen LogP contribution in [0, 0.1) is 0 Å². The van der Waals surface area contributed by atoms with Crippen molar-refractivity contribution in [3.8, 4) is 5.75 Å². The van der Waals surface area contributed by atoms with Crippen LogP contribution in [0.5, 0.6) is 5.75 Å². The van der Waals surface area contributed by atoms with Gasteiger partial charge in [0.05, 0.1) is 12.0 Å². The summed E-state index contributed by atoms with van der Waals surface area (Å²) in [6.07, 6.45) is 5.05. The Labute approximate surface area is 171 Å². The van der Waals surface area contributed by atoms with Crippen LogP contribution in [0.2, 0.25) is 5.02 Å². The number of halogens is 1. The molecule has 1 fully saturated rings. The molecule has 0 saturated carbocycles. The monoisotopic (exact) mass is 420 g/mol. The highest BCUT2D eigenvalue weighted by molar-refractivity contribution is 7.92. The SMILES string of the molecule is COc1ccc(S(=O)(=O)Nc2ccc(Cl)cc2)c2c1CC(N1CCCC1)CC2. The fraction of sp³-hybridized carbons (Fsp3) is 0.429. The number of nitrogens with zero attached hydrogens (tertiary/aromatic N) is 1. The van der Waals surface area contributed by atoms with Gasteiger partial charge in [-0.2, -0.15) is 0 Å². The van der Waals surface area contributed by atoms with Crippen molar-refractivity contribution >= 4 is 27.3 Å². The van der Waals surface area contributed by atoms with Gasteiger partial charge in [-0.3, -0.25) is 4.72 Å². The highest BCUT2D eigenvalue weighted by Gasteiger charge is 2.32. The molecule has 7 heteroatoms.